The van der Waals surface area contributed by atoms with Gasteiger partial charge in [0.25, 0.3) is 0 Å². The summed E-state index contributed by atoms with van der Waals surface area (Å²) in [7, 11) is -3.07. The van der Waals surface area contributed by atoms with Crippen molar-refractivity contribution >= 4 is 27.3 Å². The van der Waals surface area contributed by atoms with Gasteiger partial charge in [0, 0.05) is 11.7 Å². The Morgan fingerprint density at radius 3 is 2.26 bits per heavy atom. The van der Waals surface area contributed by atoms with E-state index in [0.29, 0.717) is 23.6 Å². The van der Waals surface area contributed by atoms with Gasteiger partial charge in [0.2, 0.25) is 11.8 Å². The zero-order valence-corrected chi connectivity index (χ0v) is 15.4. The summed E-state index contributed by atoms with van der Waals surface area (Å²) in [5.41, 5.74) is 0.539. The van der Waals surface area contributed by atoms with Crippen molar-refractivity contribution in [2.75, 3.05) is 16.8 Å². The van der Waals surface area contributed by atoms with Crippen LogP contribution in [0.2, 0.25) is 0 Å². The fourth-order valence-electron chi connectivity index (χ4n) is 2.77. The van der Waals surface area contributed by atoms with Gasteiger partial charge >= 0.3 is 0 Å². The molecular weight excluding hydrogens is 368 g/mol. The van der Waals surface area contributed by atoms with E-state index in [4.69, 9.17) is 4.74 Å². The maximum Gasteiger partial charge on any atom is 0.233 e. The summed E-state index contributed by atoms with van der Waals surface area (Å²) in [6.07, 6.45) is 0.0252. The molecule has 1 fully saturated rings. The molecule has 2 aromatic rings. The first kappa shape index (κ1) is 18.9. The third-order valence-electron chi connectivity index (χ3n) is 4.04. The smallest absolute Gasteiger partial charge is 0.233 e. The molecule has 1 atom stereocenters. The molecule has 2 N–H and O–H groups in total. The van der Waals surface area contributed by atoms with Crippen molar-refractivity contribution < 1.29 is 22.7 Å². The number of carbonyl (C=O) groups excluding carboxylic acids is 2. The highest BCUT2D eigenvalue weighted by atomic mass is 32.2. The first-order valence-electron chi connectivity index (χ1n) is 8.52. The van der Waals surface area contributed by atoms with E-state index in [0.717, 1.165) is 0 Å². The number of hydrogen-bond donors (Lipinski definition) is 2. The normalized spacial score (nSPS) is 17.9. The maximum atomic E-state index is 12.0. The molecule has 0 aliphatic carbocycles. The van der Waals surface area contributed by atoms with Gasteiger partial charge in [-0.1, -0.05) is 18.2 Å². The van der Waals surface area contributed by atoms with Crippen LogP contribution < -0.4 is 15.4 Å². The van der Waals surface area contributed by atoms with Gasteiger partial charge in [-0.3, -0.25) is 9.59 Å². The molecule has 0 spiro atoms. The van der Waals surface area contributed by atoms with Crippen LogP contribution in [-0.2, 0) is 19.4 Å². The average Bonchev–Trinajstić information content (AvgIpc) is 2.95. The highest BCUT2D eigenvalue weighted by Crippen LogP contribution is 2.22. The van der Waals surface area contributed by atoms with Crippen LogP contribution in [0.4, 0.5) is 5.69 Å². The van der Waals surface area contributed by atoms with Crippen molar-refractivity contribution in [3.63, 3.8) is 0 Å². The van der Waals surface area contributed by atoms with Gasteiger partial charge in [0.1, 0.15) is 17.9 Å². The van der Waals surface area contributed by atoms with Crippen molar-refractivity contribution in [2.24, 2.45) is 0 Å². The lowest BCUT2D eigenvalue weighted by atomic mass is 10.2. The molecule has 0 saturated carbocycles. The fourth-order valence-corrected chi connectivity index (χ4v) is 4.44. The molecule has 1 saturated heterocycles. The molecule has 1 aliphatic heterocycles. The molecule has 3 rings (SSSR count). The highest BCUT2D eigenvalue weighted by molar-refractivity contribution is 7.91. The van der Waals surface area contributed by atoms with Gasteiger partial charge in [0.15, 0.2) is 9.84 Å². The van der Waals surface area contributed by atoms with E-state index in [-0.39, 0.29) is 17.9 Å². The van der Waals surface area contributed by atoms with Crippen LogP contribution >= 0.6 is 0 Å². The van der Waals surface area contributed by atoms with Crippen molar-refractivity contribution in [1.82, 2.24) is 5.32 Å². The van der Waals surface area contributed by atoms with Crippen LogP contribution in [0.25, 0.3) is 0 Å². The lowest BCUT2D eigenvalue weighted by molar-refractivity contribution is -0.127. The first-order chi connectivity index (χ1) is 12.9. The number of para-hydroxylation sites is 1. The minimum Gasteiger partial charge on any atom is -0.457 e. The monoisotopic (exact) mass is 388 g/mol. The number of hydrogen-bond acceptors (Lipinski definition) is 5. The molecule has 7 nitrogen and oxygen atoms in total. The number of benzene rings is 2. The summed E-state index contributed by atoms with van der Waals surface area (Å²) >= 11 is 0. The molecule has 1 unspecified atom stereocenters. The Hall–Kier alpha value is -2.87. The molecule has 2 amide bonds. The molecule has 0 radical (unpaired) electrons. The summed E-state index contributed by atoms with van der Waals surface area (Å²) in [5.74, 6) is 0.383. The number of anilines is 1. The molecule has 142 valence electrons. The van der Waals surface area contributed by atoms with Crippen LogP contribution in [0.5, 0.6) is 11.5 Å². The fraction of sp³-hybridized carbons (Fsp3) is 0.263. The van der Waals surface area contributed by atoms with Crippen LogP contribution in [0.1, 0.15) is 12.8 Å². The molecular formula is C19H20N2O5S. The second-order valence-electron chi connectivity index (χ2n) is 6.33. The lowest BCUT2D eigenvalue weighted by Gasteiger charge is -2.11. The second-order valence-corrected chi connectivity index (χ2v) is 8.56. The Bertz CT molecular complexity index is 911. The molecule has 0 aromatic heterocycles. The number of ether oxygens (including phenoxy) is 1. The summed E-state index contributed by atoms with van der Waals surface area (Å²) in [5, 5.41) is 5.22. The largest absolute Gasteiger partial charge is 0.457 e. The topological polar surface area (TPSA) is 102 Å². The maximum absolute atomic E-state index is 12.0. The van der Waals surface area contributed by atoms with E-state index in [1.54, 1.807) is 24.3 Å². The Kier molecular flexibility index (Phi) is 5.75. The minimum atomic E-state index is -3.07. The van der Waals surface area contributed by atoms with Crippen molar-refractivity contribution in [3.8, 4) is 11.5 Å². The lowest BCUT2D eigenvalue weighted by Crippen LogP contribution is -2.37. The summed E-state index contributed by atoms with van der Waals surface area (Å²) in [6, 6.07) is 15.7. The second kappa shape index (κ2) is 8.22. The zero-order chi connectivity index (χ0) is 19.3. The number of nitrogens with one attached hydrogen (secondary N) is 2. The Morgan fingerprint density at radius 1 is 0.963 bits per heavy atom. The van der Waals surface area contributed by atoms with Crippen molar-refractivity contribution in [2.45, 2.75) is 18.9 Å². The van der Waals surface area contributed by atoms with Crippen LogP contribution in [0.3, 0.4) is 0 Å². The van der Waals surface area contributed by atoms with E-state index in [9.17, 15) is 18.0 Å². The van der Waals surface area contributed by atoms with E-state index in [1.165, 1.54) is 0 Å². The van der Waals surface area contributed by atoms with Crippen LogP contribution in [0.15, 0.2) is 54.6 Å². The zero-order valence-electron chi connectivity index (χ0n) is 14.6. The van der Waals surface area contributed by atoms with Gasteiger partial charge in [-0.15, -0.1) is 0 Å². The van der Waals surface area contributed by atoms with Gasteiger partial charge in [-0.05, 0) is 42.8 Å². The van der Waals surface area contributed by atoms with E-state index in [2.05, 4.69) is 10.6 Å². The van der Waals surface area contributed by atoms with Gasteiger partial charge < -0.3 is 15.4 Å². The first-order valence-corrected chi connectivity index (χ1v) is 10.3. The molecule has 0 bridgehead atoms. The van der Waals surface area contributed by atoms with E-state index >= 15 is 0 Å². The third kappa shape index (κ3) is 5.82. The Morgan fingerprint density at radius 2 is 1.63 bits per heavy atom. The van der Waals surface area contributed by atoms with E-state index in [1.807, 2.05) is 30.3 Å². The predicted octanol–water partition coefficient (Wildman–Crippen LogP) is 2.11. The van der Waals surface area contributed by atoms with Crippen molar-refractivity contribution in [3.05, 3.63) is 54.6 Å². The SMILES string of the molecule is O=C(CC(=O)NC1CCS(=O)(=O)C1)Nc1ccc(Oc2ccccc2)cc1. The van der Waals surface area contributed by atoms with Gasteiger partial charge in [-0.25, -0.2) is 8.42 Å². The van der Waals surface area contributed by atoms with Gasteiger partial charge in [0.05, 0.1) is 11.5 Å². The summed E-state index contributed by atoms with van der Waals surface area (Å²) < 4.78 is 28.4. The predicted molar refractivity (Wildman–Crippen MR) is 101 cm³/mol. The summed E-state index contributed by atoms with van der Waals surface area (Å²) in [6.45, 7) is 0. The molecule has 1 aliphatic rings. The highest BCUT2D eigenvalue weighted by Gasteiger charge is 2.29. The van der Waals surface area contributed by atoms with Gasteiger partial charge in [-0.2, -0.15) is 0 Å². The number of amides is 2. The number of sulfone groups is 1. The van der Waals surface area contributed by atoms with Crippen LogP contribution in [-0.4, -0.2) is 37.8 Å². The standard InChI is InChI=1S/C19H20N2O5S/c22-18(12-19(23)21-15-10-11-27(24,25)13-15)20-14-6-8-17(9-7-14)26-16-4-2-1-3-5-16/h1-9,15H,10-13H2,(H,20,22)(H,21,23). The summed E-state index contributed by atoms with van der Waals surface area (Å²) in [4.78, 5) is 23.9. The molecule has 2 aromatic carbocycles. The third-order valence-corrected chi connectivity index (χ3v) is 5.80. The molecule has 1 heterocycles. The van der Waals surface area contributed by atoms with E-state index < -0.39 is 27.7 Å². The molecule has 8 heteroatoms. The Balaban J connectivity index is 1.47. The molecule has 27 heavy (non-hydrogen) atoms. The number of rotatable bonds is 6. The quantitative estimate of drug-likeness (QED) is 0.738. The van der Waals surface area contributed by atoms with Crippen molar-refractivity contribution in [1.29, 1.82) is 0 Å². The average molecular weight is 388 g/mol. The van der Waals surface area contributed by atoms with Crippen LogP contribution in [0, 0.1) is 0 Å². The minimum absolute atomic E-state index is 0.0662. The Labute approximate surface area is 157 Å². The number of carbonyl (C=O) groups is 2.